The fourth-order valence-corrected chi connectivity index (χ4v) is 3.02. The number of carbonyl (C=O) groups excluding carboxylic acids is 2. The third-order valence-electron chi connectivity index (χ3n) is 4.43. The number of carbonyl (C=O) groups is 2. The molecule has 144 valence electrons. The van der Waals surface area contributed by atoms with Crippen molar-refractivity contribution < 1.29 is 19.1 Å². The highest BCUT2D eigenvalue weighted by Crippen LogP contribution is 2.23. The molecule has 1 heterocycles. The van der Waals surface area contributed by atoms with Gasteiger partial charge in [0, 0.05) is 11.5 Å². The first-order chi connectivity index (χ1) is 13.7. The Hall–Kier alpha value is -3.51. The van der Waals surface area contributed by atoms with Crippen LogP contribution in [0.15, 0.2) is 65.8 Å². The second-order valence-electron chi connectivity index (χ2n) is 6.40. The zero-order valence-electron chi connectivity index (χ0n) is 15.2. The fraction of sp³-hybridized carbons (Fsp3) is 0.300. The summed E-state index contributed by atoms with van der Waals surface area (Å²) in [6.45, 7) is 0.312. The average molecular weight is 380 g/mol. The van der Waals surface area contributed by atoms with Crippen LogP contribution in [0.4, 0.5) is 4.79 Å². The molecule has 0 aromatic heterocycles. The molecule has 8 heteroatoms. The monoisotopic (exact) mass is 380 g/mol. The molecule has 28 heavy (non-hydrogen) atoms. The van der Waals surface area contributed by atoms with E-state index >= 15 is 0 Å². The van der Waals surface area contributed by atoms with Crippen LogP contribution >= 0.6 is 0 Å². The highest BCUT2D eigenvalue weighted by molar-refractivity contribution is 5.82. The third-order valence-corrected chi connectivity index (χ3v) is 4.43. The van der Waals surface area contributed by atoms with Crippen LogP contribution in [0.25, 0.3) is 10.4 Å². The van der Waals surface area contributed by atoms with Gasteiger partial charge in [0.15, 0.2) is 0 Å². The minimum Gasteiger partial charge on any atom is -0.459 e. The fourth-order valence-electron chi connectivity index (χ4n) is 3.02. The van der Waals surface area contributed by atoms with Gasteiger partial charge in [0.2, 0.25) is 0 Å². The maximum absolute atomic E-state index is 12.6. The molecule has 2 aromatic carbocycles. The summed E-state index contributed by atoms with van der Waals surface area (Å²) in [5.41, 5.74) is 10.4. The van der Waals surface area contributed by atoms with Crippen molar-refractivity contribution in [2.24, 2.45) is 5.11 Å². The van der Waals surface area contributed by atoms with E-state index in [0.29, 0.717) is 0 Å². The Morgan fingerprint density at radius 1 is 1.00 bits per heavy atom. The first-order valence-electron chi connectivity index (χ1n) is 8.89. The number of esters is 1. The van der Waals surface area contributed by atoms with Gasteiger partial charge >= 0.3 is 12.1 Å². The summed E-state index contributed by atoms with van der Waals surface area (Å²) in [6.07, 6.45) is -0.431. The van der Waals surface area contributed by atoms with Gasteiger partial charge in [-0.05, 0) is 23.1 Å². The standard InChI is InChI=1S/C20H20N4O4/c21-23-22-17-11-18(19(25)27-13-15-7-3-1-4-8-15)24(12-17)20(26)28-14-16-9-5-2-6-10-16/h1-10,17-18H,11-14H2/t17-,18-/m0/s1. The Labute approximate surface area is 162 Å². The summed E-state index contributed by atoms with van der Waals surface area (Å²) in [6, 6.07) is 17.2. The van der Waals surface area contributed by atoms with Crippen molar-refractivity contribution in [3.8, 4) is 0 Å². The van der Waals surface area contributed by atoms with Crippen molar-refractivity contribution >= 4 is 12.1 Å². The molecule has 1 saturated heterocycles. The quantitative estimate of drug-likeness (QED) is 0.329. The van der Waals surface area contributed by atoms with Crippen LogP contribution in [0.5, 0.6) is 0 Å². The molecule has 0 radical (unpaired) electrons. The van der Waals surface area contributed by atoms with Gasteiger partial charge in [0.1, 0.15) is 19.3 Å². The number of azide groups is 1. The zero-order valence-corrected chi connectivity index (χ0v) is 15.2. The third kappa shape index (κ3) is 5.02. The first-order valence-corrected chi connectivity index (χ1v) is 8.89. The van der Waals surface area contributed by atoms with Gasteiger partial charge in [-0.25, -0.2) is 9.59 Å². The summed E-state index contributed by atoms with van der Waals surface area (Å²) in [5, 5.41) is 3.65. The van der Waals surface area contributed by atoms with E-state index in [4.69, 9.17) is 15.0 Å². The molecule has 0 aliphatic carbocycles. The number of hydrogen-bond donors (Lipinski definition) is 0. The molecule has 1 amide bonds. The number of benzene rings is 2. The second-order valence-corrected chi connectivity index (χ2v) is 6.40. The van der Waals surface area contributed by atoms with E-state index in [2.05, 4.69) is 10.0 Å². The van der Waals surface area contributed by atoms with Crippen molar-refractivity contribution in [2.75, 3.05) is 6.54 Å². The number of hydrogen-bond acceptors (Lipinski definition) is 5. The van der Waals surface area contributed by atoms with Gasteiger partial charge < -0.3 is 9.47 Å². The zero-order chi connectivity index (χ0) is 19.8. The topological polar surface area (TPSA) is 105 Å². The van der Waals surface area contributed by atoms with Gasteiger partial charge in [0.05, 0.1) is 6.04 Å². The minimum atomic E-state index is -0.845. The van der Waals surface area contributed by atoms with E-state index in [9.17, 15) is 9.59 Å². The van der Waals surface area contributed by atoms with Crippen LogP contribution < -0.4 is 0 Å². The van der Waals surface area contributed by atoms with Gasteiger partial charge in [0.25, 0.3) is 0 Å². The lowest BCUT2D eigenvalue weighted by Gasteiger charge is -2.22. The Kier molecular flexibility index (Phi) is 6.49. The molecule has 0 saturated carbocycles. The Balaban J connectivity index is 1.63. The van der Waals surface area contributed by atoms with Gasteiger partial charge in [-0.2, -0.15) is 0 Å². The maximum Gasteiger partial charge on any atom is 0.410 e. The smallest absolute Gasteiger partial charge is 0.410 e. The van der Waals surface area contributed by atoms with E-state index in [0.717, 1.165) is 11.1 Å². The van der Waals surface area contributed by atoms with Crippen LogP contribution in [0.2, 0.25) is 0 Å². The van der Waals surface area contributed by atoms with Crippen LogP contribution in [-0.4, -0.2) is 35.6 Å². The van der Waals surface area contributed by atoms with Gasteiger partial charge in [-0.1, -0.05) is 65.8 Å². The number of rotatable bonds is 6. The Morgan fingerprint density at radius 3 is 2.14 bits per heavy atom. The summed E-state index contributed by atoms with van der Waals surface area (Å²) in [4.78, 5) is 29.1. The lowest BCUT2D eigenvalue weighted by molar-refractivity contribution is -0.149. The highest BCUT2D eigenvalue weighted by atomic mass is 16.6. The van der Waals surface area contributed by atoms with Gasteiger partial charge in [-0.15, -0.1) is 0 Å². The largest absolute Gasteiger partial charge is 0.459 e. The maximum atomic E-state index is 12.6. The molecule has 3 rings (SSSR count). The van der Waals surface area contributed by atoms with Crippen molar-refractivity contribution in [1.29, 1.82) is 0 Å². The molecule has 2 aromatic rings. The Bertz CT molecular complexity index is 790. The van der Waals surface area contributed by atoms with Crippen LogP contribution in [0.1, 0.15) is 17.5 Å². The molecule has 1 aliphatic rings. The lowest BCUT2D eigenvalue weighted by atomic mass is 10.2. The molecule has 0 spiro atoms. The van der Waals surface area contributed by atoms with Crippen molar-refractivity contribution in [3.05, 3.63) is 82.2 Å². The SMILES string of the molecule is [N-]=[N+]=N[C@H]1C[C@@H](C(=O)OCc2ccccc2)N(C(=O)OCc2ccccc2)C1. The predicted octanol–water partition coefficient (Wildman–Crippen LogP) is 3.82. The van der Waals surface area contributed by atoms with Crippen LogP contribution in [-0.2, 0) is 27.5 Å². The molecule has 1 fully saturated rings. The normalized spacial score (nSPS) is 18.2. The lowest BCUT2D eigenvalue weighted by Crippen LogP contribution is -2.41. The molecule has 0 N–H and O–H groups in total. The van der Waals surface area contributed by atoms with E-state index in [1.807, 2.05) is 60.7 Å². The summed E-state index contributed by atoms with van der Waals surface area (Å²) in [5.74, 6) is -0.545. The van der Waals surface area contributed by atoms with E-state index in [1.165, 1.54) is 4.90 Å². The molecule has 0 bridgehead atoms. The minimum absolute atomic E-state index is 0.0914. The van der Waals surface area contributed by atoms with Crippen molar-refractivity contribution in [2.45, 2.75) is 31.7 Å². The average Bonchev–Trinajstić information content (AvgIpc) is 3.16. The highest BCUT2D eigenvalue weighted by Gasteiger charge is 2.41. The molecular weight excluding hydrogens is 360 g/mol. The van der Waals surface area contributed by atoms with E-state index in [-0.39, 0.29) is 26.2 Å². The Morgan fingerprint density at radius 2 is 1.57 bits per heavy atom. The van der Waals surface area contributed by atoms with Crippen molar-refractivity contribution in [3.63, 3.8) is 0 Å². The number of ether oxygens (including phenoxy) is 2. The molecule has 0 unspecified atom stereocenters. The summed E-state index contributed by atoms with van der Waals surface area (Å²) in [7, 11) is 0. The molecule has 2 atom stereocenters. The molecule has 1 aliphatic heterocycles. The van der Waals surface area contributed by atoms with Crippen LogP contribution in [0, 0.1) is 0 Å². The van der Waals surface area contributed by atoms with Crippen LogP contribution in [0.3, 0.4) is 0 Å². The van der Waals surface area contributed by atoms with Crippen molar-refractivity contribution in [1.82, 2.24) is 4.90 Å². The molecular formula is C20H20N4O4. The summed E-state index contributed by atoms with van der Waals surface area (Å²) >= 11 is 0. The summed E-state index contributed by atoms with van der Waals surface area (Å²) < 4.78 is 10.7. The van der Waals surface area contributed by atoms with E-state index in [1.54, 1.807) is 0 Å². The van der Waals surface area contributed by atoms with E-state index < -0.39 is 24.1 Å². The second kappa shape index (κ2) is 9.43. The number of amides is 1. The predicted molar refractivity (Wildman–Crippen MR) is 101 cm³/mol. The first kappa shape index (κ1) is 19.3. The number of nitrogens with zero attached hydrogens (tertiary/aromatic N) is 4. The molecule has 8 nitrogen and oxygen atoms in total. The number of likely N-dealkylation sites (tertiary alicyclic amines) is 1. The van der Waals surface area contributed by atoms with Gasteiger partial charge in [-0.3, -0.25) is 4.90 Å².